The summed E-state index contributed by atoms with van der Waals surface area (Å²) in [5, 5.41) is 39.6. The molecule has 1 saturated carbocycles. The number of carbonyl (C=O) groups is 1. The van der Waals surface area contributed by atoms with Crippen LogP contribution in [0.4, 0.5) is 0 Å². The van der Waals surface area contributed by atoms with Crippen molar-refractivity contribution in [2.45, 2.75) is 107 Å². The van der Waals surface area contributed by atoms with Crippen LogP contribution < -0.4 is 5.32 Å². The highest BCUT2D eigenvalue weighted by molar-refractivity contribution is 7.92. The van der Waals surface area contributed by atoms with Crippen molar-refractivity contribution in [2.75, 3.05) is 26.3 Å². The van der Waals surface area contributed by atoms with Crippen molar-refractivity contribution < 1.29 is 38.4 Å². The molecule has 5 N–H and O–H groups in total. The number of ether oxygens (including phenoxy) is 1. The lowest BCUT2D eigenvalue weighted by molar-refractivity contribution is -0.134. The molecule has 0 amide bonds. The average molecular weight is 622 g/mol. The van der Waals surface area contributed by atoms with Crippen LogP contribution in [-0.2, 0) is 32.4 Å². The first-order valence-electron chi connectivity index (χ1n) is 15.5. The molecule has 0 radical (unpaired) electrons. The molecule has 43 heavy (non-hydrogen) atoms. The number of aliphatic hydroxyl groups is 2. The lowest BCUT2D eigenvalue weighted by atomic mass is 10.1. The minimum Gasteiger partial charge on any atom is -0.508 e. The third-order valence-electron chi connectivity index (χ3n) is 7.57. The van der Waals surface area contributed by atoms with Crippen LogP contribution in [0.15, 0.2) is 41.3 Å². The first kappa shape index (κ1) is 36.7. The number of aromatic hydroxyl groups is 1. The zero-order valence-electron chi connectivity index (χ0n) is 25.8. The molecule has 1 aliphatic rings. The quantitative estimate of drug-likeness (QED) is 0.141. The standard InChI is InChI=1S/C31H47NO6S.C2H4O2/c1-24-18-25(20-29(19-24)39(36,37)28-11-4-5-12-28)10-6-9-17-38-16-8-3-2-7-15-32-22-31(35)26-13-14-30(34)27(21-26)23-33;1-2(3)4/h13-14,18-21,28,31-35H,2-12,15-17,22-23H2,1H3;1H3,(H,3,4)/t31-;/m0./s1. The second-order valence-corrected chi connectivity index (χ2v) is 13.6. The topological polar surface area (TPSA) is 153 Å². The van der Waals surface area contributed by atoms with Gasteiger partial charge < -0.3 is 30.5 Å². The van der Waals surface area contributed by atoms with Gasteiger partial charge in [0.1, 0.15) is 5.75 Å². The zero-order valence-corrected chi connectivity index (χ0v) is 26.6. The van der Waals surface area contributed by atoms with Crippen LogP contribution in [0.1, 0.15) is 99.5 Å². The van der Waals surface area contributed by atoms with E-state index in [2.05, 4.69) is 11.4 Å². The third-order valence-corrected chi connectivity index (χ3v) is 9.81. The van der Waals surface area contributed by atoms with Gasteiger partial charge in [-0.3, -0.25) is 4.79 Å². The van der Waals surface area contributed by atoms with Crippen molar-refractivity contribution >= 4 is 15.8 Å². The number of rotatable bonds is 18. The molecule has 2 aromatic rings. The molecule has 0 bridgehead atoms. The summed E-state index contributed by atoms with van der Waals surface area (Å²) in [6.07, 6.45) is 10.0. The van der Waals surface area contributed by atoms with Gasteiger partial charge in [0.15, 0.2) is 9.84 Å². The second kappa shape index (κ2) is 19.7. The normalized spacial score (nSPS) is 14.3. The van der Waals surface area contributed by atoms with Crippen LogP contribution in [0, 0.1) is 6.92 Å². The molecule has 0 saturated heterocycles. The van der Waals surface area contributed by atoms with Gasteiger partial charge in [-0.1, -0.05) is 37.8 Å². The number of carboxylic acids is 1. The summed E-state index contributed by atoms with van der Waals surface area (Å²) in [5.41, 5.74) is 3.21. The van der Waals surface area contributed by atoms with E-state index in [1.165, 1.54) is 6.07 Å². The van der Waals surface area contributed by atoms with Crippen LogP contribution in [0.3, 0.4) is 0 Å². The monoisotopic (exact) mass is 621 g/mol. The number of carboxylic acid groups (broad SMARTS) is 1. The summed E-state index contributed by atoms with van der Waals surface area (Å²) in [6, 6.07) is 10.6. The summed E-state index contributed by atoms with van der Waals surface area (Å²) in [7, 11) is -3.21. The van der Waals surface area contributed by atoms with Gasteiger partial charge in [0, 0.05) is 32.2 Å². The minimum atomic E-state index is -3.21. The predicted octanol–water partition coefficient (Wildman–Crippen LogP) is 5.22. The Kier molecular flexibility index (Phi) is 16.8. The molecule has 0 aliphatic heterocycles. The highest BCUT2D eigenvalue weighted by atomic mass is 32.2. The minimum absolute atomic E-state index is 0.0373. The van der Waals surface area contributed by atoms with Crippen molar-refractivity contribution in [3.63, 3.8) is 0 Å². The maximum absolute atomic E-state index is 13.0. The molecule has 2 aromatic carbocycles. The molecule has 0 aromatic heterocycles. The van der Waals surface area contributed by atoms with Gasteiger partial charge in [-0.05, 0) is 99.4 Å². The van der Waals surface area contributed by atoms with Crippen molar-refractivity contribution in [1.82, 2.24) is 5.32 Å². The number of aliphatic carboxylic acids is 1. The van der Waals surface area contributed by atoms with Gasteiger partial charge in [0.05, 0.1) is 22.9 Å². The smallest absolute Gasteiger partial charge is 0.300 e. The van der Waals surface area contributed by atoms with Crippen LogP contribution in [0.5, 0.6) is 5.75 Å². The Labute approximate surface area is 257 Å². The number of sulfone groups is 1. The maximum Gasteiger partial charge on any atom is 0.300 e. The van der Waals surface area contributed by atoms with Crippen LogP contribution in [0.2, 0.25) is 0 Å². The largest absolute Gasteiger partial charge is 0.508 e. The van der Waals surface area contributed by atoms with E-state index in [0.29, 0.717) is 22.6 Å². The lowest BCUT2D eigenvalue weighted by Crippen LogP contribution is -2.22. The van der Waals surface area contributed by atoms with Crippen LogP contribution >= 0.6 is 0 Å². The number of hydrogen-bond acceptors (Lipinski definition) is 8. The van der Waals surface area contributed by atoms with Crippen LogP contribution in [-0.4, -0.2) is 66.4 Å². The fourth-order valence-electron chi connectivity index (χ4n) is 5.26. The van der Waals surface area contributed by atoms with E-state index in [1.807, 2.05) is 19.1 Å². The van der Waals surface area contributed by atoms with Crippen molar-refractivity contribution in [1.29, 1.82) is 0 Å². The second-order valence-electron chi connectivity index (χ2n) is 11.4. The molecule has 0 spiro atoms. The SMILES string of the molecule is CC(=O)O.Cc1cc(CCCCOCCCCCCNC[C@H](O)c2ccc(O)c(CO)c2)cc(S(=O)(=O)C2CCCC2)c1. The highest BCUT2D eigenvalue weighted by Crippen LogP contribution is 2.30. The number of unbranched alkanes of at least 4 members (excludes halogenated alkanes) is 4. The van der Waals surface area contributed by atoms with E-state index in [0.717, 1.165) is 108 Å². The lowest BCUT2D eigenvalue weighted by Gasteiger charge is -2.14. The van der Waals surface area contributed by atoms with E-state index in [9.17, 15) is 23.7 Å². The zero-order chi connectivity index (χ0) is 31.7. The van der Waals surface area contributed by atoms with Crippen molar-refractivity contribution in [3.05, 3.63) is 58.7 Å². The van der Waals surface area contributed by atoms with E-state index in [4.69, 9.17) is 14.6 Å². The van der Waals surface area contributed by atoms with E-state index >= 15 is 0 Å². The van der Waals surface area contributed by atoms with Crippen LogP contribution in [0.25, 0.3) is 0 Å². The van der Waals surface area contributed by atoms with Gasteiger partial charge >= 0.3 is 0 Å². The summed E-state index contributed by atoms with van der Waals surface area (Å²) >= 11 is 0. The summed E-state index contributed by atoms with van der Waals surface area (Å²) in [5.74, 6) is -0.796. The molecular weight excluding hydrogens is 570 g/mol. The number of aryl methyl sites for hydroxylation is 2. The molecule has 0 unspecified atom stereocenters. The van der Waals surface area contributed by atoms with Gasteiger partial charge in [-0.2, -0.15) is 0 Å². The van der Waals surface area contributed by atoms with Crippen molar-refractivity contribution in [2.24, 2.45) is 0 Å². The molecule has 1 aliphatic carbocycles. The Hall–Kier alpha value is -2.50. The van der Waals surface area contributed by atoms with E-state index in [-0.39, 0.29) is 17.6 Å². The Morgan fingerprint density at radius 2 is 1.65 bits per heavy atom. The highest BCUT2D eigenvalue weighted by Gasteiger charge is 2.30. The molecule has 0 heterocycles. The molecular formula is C33H51NO8S. The van der Waals surface area contributed by atoms with Gasteiger partial charge in [0.25, 0.3) is 5.97 Å². The summed E-state index contributed by atoms with van der Waals surface area (Å²) < 4.78 is 31.7. The molecule has 1 atom stereocenters. The number of aliphatic hydroxyl groups excluding tert-OH is 2. The Bertz CT molecular complexity index is 1210. The van der Waals surface area contributed by atoms with Gasteiger partial charge in [-0.15, -0.1) is 0 Å². The molecule has 242 valence electrons. The van der Waals surface area contributed by atoms with E-state index in [1.54, 1.807) is 12.1 Å². The van der Waals surface area contributed by atoms with Gasteiger partial charge in [0.2, 0.25) is 0 Å². The third kappa shape index (κ3) is 13.8. The van der Waals surface area contributed by atoms with Crippen molar-refractivity contribution in [3.8, 4) is 5.75 Å². The Morgan fingerprint density at radius 3 is 2.33 bits per heavy atom. The predicted molar refractivity (Wildman–Crippen MR) is 168 cm³/mol. The first-order chi connectivity index (χ1) is 20.5. The molecule has 1 fully saturated rings. The fraction of sp³-hybridized carbons (Fsp3) is 0.606. The van der Waals surface area contributed by atoms with E-state index < -0.39 is 21.9 Å². The molecule has 10 heteroatoms. The Morgan fingerprint density at radius 1 is 1.00 bits per heavy atom. The number of phenols is 1. The summed E-state index contributed by atoms with van der Waals surface area (Å²) in [4.78, 5) is 9.50. The Balaban J connectivity index is 0.00000151. The number of benzene rings is 2. The molecule has 9 nitrogen and oxygen atoms in total. The summed E-state index contributed by atoms with van der Waals surface area (Å²) in [6.45, 7) is 5.55. The van der Waals surface area contributed by atoms with Gasteiger partial charge in [-0.25, -0.2) is 8.42 Å². The maximum atomic E-state index is 13.0. The average Bonchev–Trinajstić information content (AvgIpc) is 3.51. The number of hydrogen-bond donors (Lipinski definition) is 5. The molecule has 3 rings (SSSR count). The first-order valence-corrected chi connectivity index (χ1v) is 17.0. The fourth-order valence-corrected chi connectivity index (χ4v) is 7.27. The number of nitrogens with one attached hydrogen (secondary N) is 1.